The van der Waals surface area contributed by atoms with Crippen LogP contribution in [0.15, 0.2) is 48.7 Å². The maximum atomic E-state index is 5.96. The standard InChI is InChI=1S/C20H17ClN2O2S/c21-15-4-1-13(2-5-15)9-16-11-22-19(26-16)23-20(7-8-20)14-3-6-17-18(10-14)25-12-24-17/h1-6,10-11H,7-9,12H2,(H,22,23). The van der Waals surface area contributed by atoms with Crippen LogP contribution in [0.5, 0.6) is 11.5 Å². The molecule has 2 aliphatic rings. The van der Waals surface area contributed by atoms with Gasteiger partial charge in [0.25, 0.3) is 0 Å². The van der Waals surface area contributed by atoms with Crippen LogP contribution in [0.1, 0.15) is 28.8 Å². The summed E-state index contributed by atoms with van der Waals surface area (Å²) >= 11 is 7.66. The van der Waals surface area contributed by atoms with E-state index in [9.17, 15) is 0 Å². The molecule has 3 aromatic rings. The molecule has 2 heterocycles. The number of nitrogens with zero attached hydrogens (tertiary/aromatic N) is 1. The molecule has 1 N–H and O–H groups in total. The van der Waals surface area contributed by atoms with Crippen molar-refractivity contribution in [1.29, 1.82) is 0 Å². The predicted octanol–water partition coefficient (Wildman–Crippen LogP) is 5.22. The number of benzene rings is 2. The minimum absolute atomic E-state index is 0.0314. The van der Waals surface area contributed by atoms with E-state index in [1.807, 2.05) is 24.4 Å². The summed E-state index contributed by atoms with van der Waals surface area (Å²) in [7, 11) is 0. The Bertz CT molecular complexity index is 951. The van der Waals surface area contributed by atoms with Crippen molar-refractivity contribution in [3.05, 3.63) is 69.7 Å². The van der Waals surface area contributed by atoms with E-state index in [1.165, 1.54) is 16.0 Å². The molecule has 0 spiro atoms. The fraction of sp³-hybridized carbons (Fsp3) is 0.250. The van der Waals surface area contributed by atoms with E-state index in [-0.39, 0.29) is 5.54 Å². The zero-order chi connectivity index (χ0) is 17.6. The summed E-state index contributed by atoms with van der Waals surface area (Å²) in [6, 6.07) is 14.2. The molecule has 1 saturated carbocycles. The first-order valence-electron chi connectivity index (χ1n) is 8.58. The molecule has 0 saturated heterocycles. The summed E-state index contributed by atoms with van der Waals surface area (Å²) in [5, 5.41) is 5.37. The van der Waals surface area contributed by atoms with Crippen molar-refractivity contribution in [3.8, 4) is 11.5 Å². The van der Waals surface area contributed by atoms with Crippen molar-refractivity contribution in [2.24, 2.45) is 0 Å². The third-order valence-electron chi connectivity index (χ3n) is 4.87. The third-order valence-corrected chi connectivity index (χ3v) is 6.03. The zero-order valence-corrected chi connectivity index (χ0v) is 15.6. The van der Waals surface area contributed by atoms with Crippen molar-refractivity contribution in [2.75, 3.05) is 12.1 Å². The molecule has 132 valence electrons. The number of rotatable bonds is 5. The highest BCUT2D eigenvalue weighted by atomic mass is 35.5. The van der Waals surface area contributed by atoms with Crippen LogP contribution in [0.4, 0.5) is 5.13 Å². The minimum Gasteiger partial charge on any atom is -0.454 e. The second kappa shape index (κ2) is 6.18. The lowest BCUT2D eigenvalue weighted by molar-refractivity contribution is 0.174. The molecule has 1 aliphatic heterocycles. The molecule has 0 unspecified atom stereocenters. The number of thiazole rings is 1. The largest absolute Gasteiger partial charge is 0.454 e. The van der Waals surface area contributed by atoms with E-state index in [0.717, 1.165) is 40.9 Å². The van der Waals surface area contributed by atoms with Gasteiger partial charge in [0, 0.05) is 22.5 Å². The average Bonchev–Trinajstić information content (AvgIpc) is 3.07. The molecule has 2 aromatic carbocycles. The van der Waals surface area contributed by atoms with Gasteiger partial charge in [0.15, 0.2) is 16.6 Å². The van der Waals surface area contributed by atoms with E-state index in [1.54, 1.807) is 11.3 Å². The second-order valence-corrected chi connectivity index (χ2v) is 8.26. The van der Waals surface area contributed by atoms with Crippen molar-refractivity contribution >= 4 is 28.1 Å². The smallest absolute Gasteiger partial charge is 0.231 e. The molecule has 0 amide bonds. The summed E-state index contributed by atoms with van der Waals surface area (Å²) in [5.74, 6) is 1.65. The van der Waals surface area contributed by atoms with Crippen LogP contribution in [-0.4, -0.2) is 11.8 Å². The highest BCUT2D eigenvalue weighted by molar-refractivity contribution is 7.15. The quantitative estimate of drug-likeness (QED) is 0.655. The summed E-state index contributed by atoms with van der Waals surface area (Å²) in [5.41, 5.74) is 2.44. The Morgan fingerprint density at radius 3 is 2.69 bits per heavy atom. The van der Waals surface area contributed by atoms with Crippen molar-refractivity contribution in [2.45, 2.75) is 24.8 Å². The highest BCUT2D eigenvalue weighted by Crippen LogP contribution is 2.50. The minimum atomic E-state index is -0.0314. The monoisotopic (exact) mass is 384 g/mol. The van der Waals surface area contributed by atoms with E-state index >= 15 is 0 Å². The summed E-state index contributed by atoms with van der Waals surface area (Å²) in [4.78, 5) is 5.81. The van der Waals surface area contributed by atoms with Gasteiger partial charge in [0.2, 0.25) is 6.79 Å². The fourth-order valence-electron chi connectivity index (χ4n) is 3.26. The Morgan fingerprint density at radius 2 is 1.88 bits per heavy atom. The molecular weight excluding hydrogens is 368 g/mol. The Morgan fingerprint density at radius 1 is 1.08 bits per heavy atom. The average molecular weight is 385 g/mol. The summed E-state index contributed by atoms with van der Waals surface area (Å²) < 4.78 is 10.9. The lowest BCUT2D eigenvalue weighted by Gasteiger charge is -2.17. The maximum Gasteiger partial charge on any atom is 0.231 e. The normalized spacial score (nSPS) is 16.5. The van der Waals surface area contributed by atoms with E-state index in [0.29, 0.717) is 6.79 Å². The van der Waals surface area contributed by atoms with E-state index < -0.39 is 0 Å². The number of halogens is 1. The van der Waals surface area contributed by atoms with Crippen LogP contribution in [0.2, 0.25) is 5.02 Å². The number of anilines is 1. The maximum absolute atomic E-state index is 5.96. The number of aromatic nitrogens is 1. The first-order valence-corrected chi connectivity index (χ1v) is 9.77. The van der Waals surface area contributed by atoms with Crippen LogP contribution >= 0.6 is 22.9 Å². The molecule has 0 radical (unpaired) electrons. The first-order chi connectivity index (χ1) is 12.7. The number of hydrogen-bond donors (Lipinski definition) is 1. The molecule has 0 bridgehead atoms. The number of ether oxygens (including phenoxy) is 2. The number of hydrogen-bond acceptors (Lipinski definition) is 5. The molecule has 1 aromatic heterocycles. The van der Waals surface area contributed by atoms with Crippen LogP contribution < -0.4 is 14.8 Å². The van der Waals surface area contributed by atoms with Gasteiger partial charge in [-0.1, -0.05) is 29.8 Å². The summed E-state index contributed by atoms with van der Waals surface area (Å²) in [6.07, 6.45) is 5.02. The van der Waals surface area contributed by atoms with Gasteiger partial charge in [-0.25, -0.2) is 4.98 Å². The lowest BCUT2D eigenvalue weighted by atomic mass is 10.0. The van der Waals surface area contributed by atoms with Crippen LogP contribution in [0.25, 0.3) is 0 Å². The van der Waals surface area contributed by atoms with Gasteiger partial charge in [-0.3, -0.25) is 0 Å². The Hall–Kier alpha value is -2.24. The van der Waals surface area contributed by atoms with Gasteiger partial charge in [0.05, 0.1) is 5.54 Å². The van der Waals surface area contributed by atoms with Crippen molar-refractivity contribution in [1.82, 2.24) is 4.98 Å². The van der Waals surface area contributed by atoms with Crippen molar-refractivity contribution < 1.29 is 9.47 Å². The van der Waals surface area contributed by atoms with Gasteiger partial charge in [0.1, 0.15) is 0 Å². The number of nitrogens with one attached hydrogen (secondary N) is 1. The zero-order valence-electron chi connectivity index (χ0n) is 14.0. The van der Waals surface area contributed by atoms with Crippen molar-refractivity contribution in [3.63, 3.8) is 0 Å². The van der Waals surface area contributed by atoms with Crippen LogP contribution in [-0.2, 0) is 12.0 Å². The molecule has 4 nitrogen and oxygen atoms in total. The Kier molecular flexibility index (Phi) is 3.80. The Balaban J connectivity index is 1.32. The molecule has 0 atom stereocenters. The van der Waals surface area contributed by atoms with Crippen LogP contribution in [0.3, 0.4) is 0 Å². The molecule has 5 rings (SSSR count). The van der Waals surface area contributed by atoms with Gasteiger partial charge in [-0.2, -0.15) is 0 Å². The van der Waals surface area contributed by atoms with Crippen LogP contribution in [0, 0.1) is 0 Å². The Labute approximate surface area is 160 Å². The second-order valence-electron chi connectivity index (χ2n) is 6.71. The fourth-order valence-corrected chi connectivity index (χ4v) is 4.33. The van der Waals surface area contributed by atoms with Gasteiger partial charge in [-0.05, 0) is 48.2 Å². The topological polar surface area (TPSA) is 43.4 Å². The predicted molar refractivity (Wildman–Crippen MR) is 103 cm³/mol. The first kappa shape index (κ1) is 16.0. The van der Waals surface area contributed by atoms with E-state index in [2.05, 4.69) is 34.6 Å². The SMILES string of the molecule is Clc1ccc(Cc2cnc(NC3(c4ccc5c(c4)OCO5)CC3)s2)cc1. The number of fused-ring (bicyclic) bond motifs is 1. The highest BCUT2D eigenvalue weighted by Gasteiger charge is 2.45. The summed E-state index contributed by atoms with van der Waals surface area (Å²) in [6.45, 7) is 0.305. The molecule has 6 heteroatoms. The van der Waals surface area contributed by atoms with Gasteiger partial charge >= 0.3 is 0 Å². The molecule has 1 aliphatic carbocycles. The lowest BCUT2D eigenvalue weighted by Crippen LogP contribution is -2.18. The molecular formula is C20H17ClN2O2S. The molecule has 1 fully saturated rings. The van der Waals surface area contributed by atoms with E-state index in [4.69, 9.17) is 21.1 Å². The third kappa shape index (κ3) is 3.02. The molecule has 26 heavy (non-hydrogen) atoms. The van der Waals surface area contributed by atoms with Gasteiger partial charge < -0.3 is 14.8 Å². The van der Waals surface area contributed by atoms with Gasteiger partial charge in [-0.15, -0.1) is 11.3 Å².